The van der Waals surface area contributed by atoms with Gasteiger partial charge in [-0.05, 0) is 24.5 Å². The van der Waals surface area contributed by atoms with Crippen molar-refractivity contribution in [2.75, 3.05) is 14.2 Å². The molecule has 7 heteroatoms. The van der Waals surface area contributed by atoms with E-state index in [-0.39, 0.29) is 47.5 Å². The SMILES string of the molecule is COc1ccc(C2=NO[C@@H]3[C@@H]4C[C@@H]([C@H]5C(=O)NC(=O)[C@@H]45)[C@H]23)c(OC)c1. The van der Waals surface area contributed by atoms with E-state index in [4.69, 9.17) is 14.3 Å². The Labute approximate surface area is 144 Å². The van der Waals surface area contributed by atoms with E-state index in [1.165, 1.54) is 0 Å². The number of nitrogens with zero attached hydrogens (tertiary/aromatic N) is 1. The van der Waals surface area contributed by atoms with E-state index < -0.39 is 0 Å². The number of carbonyl (C=O) groups is 2. The van der Waals surface area contributed by atoms with E-state index in [9.17, 15) is 9.59 Å². The summed E-state index contributed by atoms with van der Waals surface area (Å²) < 4.78 is 10.8. The van der Waals surface area contributed by atoms with Gasteiger partial charge in [-0.25, -0.2) is 0 Å². The van der Waals surface area contributed by atoms with Gasteiger partial charge in [0, 0.05) is 23.5 Å². The van der Waals surface area contributed by atoms with Crippen LogP contribution in [-0.2, 0) is 14.4 Å². The van der Waals surface area contributed by atoms with Crippen molar-refractivity contribution in [1.29, 1.82) is 0 Å². The number of fused-ring (bicyclic) bond motifs is 8. The highest BCUT2D eigenvalue weighted by Gasteiger charge is 2.68. The minimum Gasteiger partial charge on any atom is -0.497 e. The largest absolute Gasteiger partial charge is 0.497 e. The molecular weight excluding hydrogens is 324 g/mol. The number of benzene rings is 1. The van der Waals surface area contributed by atoms with E-state index in [0.29, 0.717) is 11.5 Å². The summed E-state index contributed by atoms with van der Waals surface area (Å²) >= 11 is 0. The van der Waals surface area contributed by atoms with Gasteiger partial charge in [0.05, 0.1) is 31.8 Å². The normalized spacial score (nSPS) is 37.3. The molecule has 6 atom stereocenters. The number of hydrogen-bond acceptors (Lipinski definition) is 6. The van der Waals surface area contributed by atoms with Gasteiger partial charge in [0.2, 0.25) is 11.8 Å². The fraction of sp³-hybridized carbons (Fsp3) is 0.500. The number of carbonyl (C=O) groups excluding carboxylic acids is 2. The second-order valence-electron chi connectivity index (χ2n) is 7.11. The van der Waals surface area contributed by atoms with Gasteiger partial charge in [-0.2, -0.15) is 0 Å². The minimum absolute atomic E-state index is 0.0187. The van der Waals surface area contributed by atoms with Crippen molar-refractivity contribution in [3.8, 4) is 11.5 Å². The Hall–Kier alpha value is -2.57. The van der Waals surface area contributed by atoms with Crippen LogP contribution in [0.3, 0.4) is 0 Å². The Morgan fingerprint density at radius 3 is 2.56 bits per heavy atom. The molecule has 0 aromatic heterocycles. The van der Waals surface area contributed by atoms with Crippen LogP contribution in [0, 0.1) is 29.6 Å². The van der Waals surface area contributed by atoms with Gasteiger partial charge >= 0.3 is 0 Å². The maximum atomic E-state index is 12.2. The first kappa shape index (κ1) is 14.7. The van der Waals surface area contributed by atoms with Crippen LogP contribution in [0.5, 0.6) is 11.5 Å². The molecule has 0 spiro atoms. The molecule has 0 unspecified atom stereocenters. The maximum absolute atomic E-state index is 12.2. The van der Waals surface area contributed by atoms with Crippen molar-refractivity contribution in [1.82, 2.24) is 5.32 Å². The van der Waals surface area contributed by atoms with Crippen LogP contribution in [0.4, 0.5) is 0 Å². The van der Waals surface area contributed by atoms with Gasteiger partial charge < -0.3 is 14.3 Å². The molecule has 7 nitrogen and oxygen atoms in total. The predicted molar refractivity (Wildman–Crippen MR) is 86.2 cm³/mol. The predicted octanol–water partition coefficient (Wildman–Crippen LogP) is 0.961. The Morgan fingerprint density at radius 2 is 1.84 bits per heavy atom. The summed E-state index contributed by atoms with van der Waals surface area (Å²) in [7, 11) is 3.21. The zero-order valence-corrected chi connectivity index (χ0v) is 13.9. The first-order chi connectivity index (χ1) is 12.1. The fourth-order valence-corrected chi connectivity index (χ4v) is 5.28. The van der Waals surface area contributed by atoms with Crippen molar-refractivity contribution in [2.45, 2.75) is 12.5 Å². The highest BCUT2D eigenvalue weighted by atomic mass is 16.6. The molecule has 3 fully saturated rings. The number of methoxy groups -OCH3 is 2. The number of imide groups is 1. The lowest BCUT2D eigenvalue weighted by molar-refractivity contribution is -0.127. The van der Waals surface area contributed by atoms with E-state index in [2.05, 4.69) is 10.5 Å². The van der Waals surface area contributed by atoms with Gasteiger partial charge in [-0.3, -0.25) is 14.9 Å². The summed E-state index contributed by atoms with van der Waals surface area (Å²) in [6, 6.07) is 5.58. The molecule has 25 heavy (non-hydrogen) atoms. The lowest BCUT2D eigenvalue weighted by Gasteiger charge is -2.30. The zero-order chi connectivity index (χ0) is 17.3. The summed E-state index contributed by atoms with van der Waals surface area (Å²) in [6.07, 6.45) is 0.700. The second-order valence-corrected chi connectivity index (χ2v) is 7.11. The number of ether oxygens (including phenoxy) is 2. The molecule has 1 aromatic carbocycles. The maximum Gasteiger partial charge on any atom is 0.230 e. The highest BCUT2D eigenvalue weighted by Crippen LogP contribution is 2.60. The average Bonchev–Trinajstić information content (AvgIpc) is 3.35. The van der Waals surface area contributed by atoms with Crippen molar-refractivity contribution in [3.05, 3.63) is 23.8 Å². The Kier molecular flexibility index (Phi) is 2.93. The number of rotatable bonds is 3. The molecular formula is C18H18N2O5. The van der Waals surface area contributed by atoms with E-state index in [0.717, 1.165) is 17.7 Å². The van der Waals surface area contributed by atoms with Gasteiger partial charge in [0.15, 0.2) is 0 Å². The van der Waals surface area contributed by atoms with Crippen LogP contribution in [-0.4, -0.2) is 37.8 Å². The summed E-state index contributed by atoms with van der Waals surface area (Å²) in [5.41, 5.74) is 1.66. The quantitative estimate of drug-likeness (QED) is 0.827. The molecule has 2 bridgehead atoms. The number of nitrogens with one attached hydrogen (secondary N) is 1. The molecule has 0 radical (unpaired) electrons. The molecule has 1 N–H and O–H groups in total. The second kappa shape index (κ2) is 4.97. The van der Waals surface area contributed by atoms with Gasteiger partial charge in [-0.1, -0.05) is 5.16 Å². The third kappa shape index (κ3) is 1.78. The van der Waals surface area contributed by atoms with Crippen LogP contribution in [0.1, 0.15) is 12.0 Å². The van der Waals surface area contributed by atoms with Crippen molar-refractivity contribution >= 4 is 17.5 Å². The van der Waals surface area contributed by atoms with Crippen LogP contribution in [0.15, 0.2) is 23.4 Å². The summed E-state index contributed by atoms with van der Waals surface area (Å²) in [5, 5.41) is 6.81. The Bertz CT molecular complexity index is 820. The van der Waals surface area contributed by atoms with E-state index >= 15 is 0 Å². The van der Waals surface area contributed by atoms with Crippen LogP contribution < -0.4 is 14.8 Å². The lowest BCUT2D eigenvalue weighted by Crippen LogP contribution is -2.41. The fourth-order valence-electron chi connectivity index (χ4n) is 5.28. The molecule has 2 heterocycles. The van der Waals surface area contributed by atoms with Crippen molar-refractivity contribution in [2.24, 2.45) is 34.7 Å². The van der Waals surface area contributed by atoms with Gasteiger partial charge in [0.25, 0.3) is 0 Å². The minimum atomic E-state index is -0.258. The Morgan fingerprint density at radius 1 is 1.08 bits per heavy atom. The van der Waals surface area contributed by atoms with Crippen LogP contribution in [0.25, 0.3) is 0 Å². The molecule has 2 saturated carbocycles. The zero-order valence-electron chi connectivity index (χ0n) is 13.9. The highest BCUT2D eigenvalue weighted by molar-refractivity contribution is 6.09. The van der Waals surface area contributed by atoms with Gasteiger partial charge in [-0.15, -0.1) is 0 Å². The lowest BCUT2D eigenvalue weighted by atomic mass is 9.71. The topological polar surface area (TPSA) is 86.2 Å². The molecule has 1 saturated heterocycles. The molecule has 2 aliphatic heterocycles. The molecule has 5 rings (SSSR count). The number of oxime groups is 1. The van der Waals surface area contributed by atoms with E-state index in [1.807, 2.05) is 18.2 Å². The number of amides is 2. The van der Waals surface area contributed by atoms with Crippen molar-refractivity contribution < 1.29 is 23.9 Å². The third-order valence-corrected chi connectivity index (χ3v) is 6.22. The third-order valence-electron chi connectivity index (χ3n) is 6.22. The van der Waals surface area contributed by atoms with Crippen molar-refractivity contribution in [3.63, 3.8) is 0 Å². The standard InChI is InChI=1S/C18H18N2O5/c1-23-7-3-4-8(11(5-7)24-2)15-14-9-6-10(16(14)25-20-15)13-12(9)17(21)19-18(13)22/h3-5,9-10,12-14,16H,6H2,1-2H3,(H,19,21,22)/t9-,10+,12+,13-,14+,16+/m0/s1. The number of hydrogen-bond donors (Lipinski definition) is 1. The molecule has 2 amide bonds. The summed E-state index contributed by atoms with van der Waals surface area (Å²) in [5.74, 6) is 0.704. The van der Waals surface area contributed by atoms with Gasteiger partial charge in [0.1, 0.15) is 17.6 Å². The van der Waals surface area contributed by atoms with Crippen LogP contribution >= 0.6 is 0 Å². The molecule has 4 aliphatic rings. The smallest absolute Gasteiger partial charge is 0.230 e. The molecule has 1 aromatic rings. The molecule has 130 valence electrons. The monoisotopic (exact) mass is 342 g/mol. The summed E-state index contributed by atoms with van der Waals surface area (Å²) in [4.78, 5) is 30.1. The summed E-state index contributed by atoms with van der Waals surface area (Å²) in [6.45, 7) is 0. The first-order valence-corrected chi connectivity index (χ1v) is 8.45. The van der Waals surface area contributed by atoms with E-state index in [1.54, 1.807) is 14.2 Å². The molecule has 2 aliphatic carbocycles. The van der Waals surface area contributed by atoms with Crippen LogP contribution in [0.2, 0.25) is 0 Å². The average molecular weight is 342 g/mol. The first-order valence-electron chi connectivity index (χ1n) is 8.45. The Balaban J connectivity index is 1.53.